The number of hydrogen-bond donors (Lipinski definition) is 2. The number of para-hydroxylation sites is 2. The highest BCUT2D eigenvalue weighted by Gasteiger charge is 2.21. The van der Waals surface area contributed by atoms with Gasteiger partial charge in [-0.3, -0.25) is 9.59 Å². The number of imidazole rings is 1. The molecule has 0 aliphatic heterocycles. The number of nitrogens with one attached hydrogen (secondary N) is 2. The highest BCUT2D eigenvalue weighted by Crippen LogP contribution is 2.22. The Morgan fingerprint density at radius 3 is 2.56 bits per heavy atom. The molecule has 0 saturated carbocycles. The van der Waals surface area contributed by atoms with Gasteiger partial charge in [-0.1, -0.05) is 52.3 Å². The maximum atomic E-state index is 12.8. The van der Waals surface area contributed by atoms with Crippen LogP contribution in [-0.2, 0) is 11.3 Å². The summed E-state index contributed by atoms with van der Waals surface area (Å²) >= 11 is 3.42. The molecule has 0 radical (unpaired) electrons. The number of anilines is 1. The summed E-state index contributed by atoms with van der Waals surface area (Å²) in [5, 5.41) is 5.95. The first-order chi connectivity index (χ1) is 15.4. The van der Waals surface area contributed by atoms with Gasteiger partial charge in [-0.05, 0) is 55.8 Å². The number of carbonyl (C=O) groups is 2. The van der Waals surface area contributed by atoms with E-state index in [0.717, 1.165) is 21.1 Å². The van der Waals surface area contributed by atoms with Crippen LogP contribution in [0.5, 0.6) is 0 Å². The lowest BCUT2D eigenvalue weighted by Gasteiger charge is -2.17. The lowest BCUT2D eigenvalue weighted by molar-refractivity contribution is -0.116. The van der Waals surface area contributed by atoms with Crippen LogP contribution in [0, 0.1) is 6.92 Å². The second kappa shape index (κ2) is 9.36. The maximum Gasteiger partial charge on any atom is 0.252 e. The van der Waals surface area contributed by atoms with Crippen LogP contribution in [-0.4, -0.2) is 21.4 Å². The Hall–Kier alpha value is -3.45. The van der Waals surface area contributed by atoms with Crippen molar-refractivity contribution in [2.45, 2.75) is 26.4 Å². The van der Waals surface area contributed by atoms with Crippen LogP contribution < -0.4 is 10.6 Å². The first kappa shape index (κ1) is 21.8. The molecule has 7 heteroatoms. The monoisotopic (exact) mass is 490 g/mol. The maximum absolute atomic E-state index is 12.8. The molecule has 3 aromatic carbocycles. The second-order valence-electron chi connectivity index (χ2n) is 7.61. The van der Waals surface area contributed by atoms with Gasteiger partial charge in [-0.25, -0.2) is 4.98 Å². The van der Waals surface area contributed by atoms with Crippen LogP contribution in [0.15, 0.2) is 77.3 Å². The molecule has 0 fully saturated rings. The first-order valence-corrected chi connectivity index (χ1v) is 11.1. The summed E-state index contributed by atoms with van der Waals surface area (Å²) in [6.07, 6.45) is 0. The van der Waals surface area contributed by atoms with E-state index in [2.05, 4.69) is 26.6 Å². The van der Waals surface area contributed by atoms with Gasteiger partial charge in [-0.15, -0.1) is 0 Å². The number of nitrogens with zero attached hydrogens (tertiary/aromatic N) is 2. The minimum absolute atomic E-state index is 0.0763. The van der Waals surface area contributed by atoms with Crippen LogP contribution in [0.1, 0.15) is 34.7 Å². The quantitative estimate of drug-likeness (QED) is 0.388. The van der Waals surface area contributed by atoms with E-state index in [-0.39, 0.29) is 18.4 Å². The third-order valence-electron chi connectivity index (χ3n) is 5.22. The Morgan fingerprint density at radius 1 is 1.03 bits per heavy atom. The first-order valence-electron chi connectivity index (χ1n) is 10.3. The van der Waals surface area contributed by atoms with Crippen molar-refractivity contribution < 1.29 is 9.59 Å². The Bertz CT molecular complexity index is 1300. The Labute approximate surface area is 194 Å². The van der Waals surface area contributed by atoms with E-state index in [1.165, 1.54) is 0 Å². The van der Waals surface area contributed by atoms with Crippen LogP contribution in [0.25, 0.3) is 11.0 Å². The van der Waals surface area contributed by atoms with E-state index in [1.54, 1.807) is 6.07 Å². The predicted octanol–water partition coefficient (Wildman–Crippen LogP) is 5.24. The number of fused-ring (bicyclic) bond motifs is 1. The average molecular weight is 491 g/mol. The number of benzene rings is 3. The van der Waals surface area contributed by atoms with Crippen LogP contribution >= 0.6 is 15.9 Å². The normalized spacial score (nSPS) is 11.8. The molecule has 0 saturated heterocycles. The smallest absolute Gasteiger partial charge is 0.252 e. The highest BCUT2D eigenvalue weighted by atomic mass is 79.9. The number of halogens is 1. The minimum Gasteiger partial charge on any atom is -0.342 e. The lowest BCUT2D eigenvalue weighted by atomic mass is 10.1. The van der Waals surface area contributed by atoms with Gasteiger partial charge in [0.25, 0.3) is 5.91 Å². The number of amides is 2. The summed E-state index contributed by atoms with van der Waals surface area (Å²) in [5.74, 6) is 0.273. The molecule has 1 heterocycles. The zero-order chi connectivity index (χ0) is 22.7. The summed E-state index contributed by atoms with van der Waals surface area (Å²) in [6, 6.07) is 22.1. The summed E-state index contributed by atoms with van der Waals surface area (Å²) < 4.78 is 2.74. The highest BCUT2D eigenvalue weighted by molar-refractivity contribution is 9.10. The Kier molecular flexibility index (Phi) is 6.37. The molecule has 4 rings (SSSR count). The van der Waals surface area contributed by atoms with Crippen molar-refractivity contribution in [1.29, 1.82) is 0 Å². The largest absolute Gasteiger partial charge is 0.342 e. The minimum atomic E-state index is -0.395. The fraction of sp³-hybridized carbons (Fsp3) is 0.160. The lowest BCUT2D eigenvalue weighted by Crippen LogP contribution is -2.30. The van der Waals surface area contributed by atoms with E-state index >= 15 is 0 Å². The standard InChI is InChI=1S/C25H23BrN4O2/c1-16-8-3-4-11-20(16)25(32)27-17(2)24-29-21-12-5-6-13-22(21)30(24)15-23(31)28-19-10-7-9-18(26)14-19/h3-14,17H,15H2,1-2H3,(H,27,32)(H,28,31). The molecule has 4 aromatic rings. The molecule has 0 bridgehead atoms. The molecule has 6 nitrogen and oxygen atoms in total. The van der Waals surface area contributed by atoms with Crippen molar-refractivity contribution in [3.8, 4) is 0 Å². The number of carbonyl (C=O) groups excluding carboxylic acids is 2. The molecule has 32 heavy (non-hydrogen) atoms. The van der Waals surface area contributed by atoms with Gasteiger partial charge in [0.15, 0.2) is 0 Å². The van der Waals surface area contributed by atoms with Crippen molar-refractivity contribution in [1.82, 2.24) is 14.9 Å². The molecule has 1 atom stereocenters. The van der Waals surface area contributed by atoms with E-state index < -0.39 is 6.04 Å². The zero-order valence-corrected chi connectivity index (χ0v) is 19.4. The predicted molar refractivity (Wildman–Crippen MR) is 130 cm³/mol. The van der Waals surface area contributed by atoms with E-state index in [1.807, 2.05) is 85.1 Å². The van der Waals surface area contributed by atoms with Gasteiger partial charge in [0, 0.05) is 15.7 Å². The van der Waals surface area contributed by atoms with E-state index in [0.29, 0.717) is 17.1 Å². The van der Waals surface area contributed by atoms with Crippen molar-refractivity contribution in [3.63, 3.8) is 0 Å². The molecule has 1 unspecified atom stereocenters. The molecule has 162 valence electrons. The van der Waals surface area contributed by atoms with Crippen LogP contribution in [0.4, 0.5) is 5.69 Å². The van der Waals surface area contributed by atoms with E-state index in [9.17, 15) is 9.59 Å². The van der Waals surface area contributed by atoms with Gasteiger partial charge in [-0.2, -0.15) is 0 Å². The summed E-state index contributed by atoms with van der Waals surface area (Å²) in [7, 11) is 0. The average Bonchev–Trinajstić information content (AvgIpc) is 3.12. The topological polar surface area (TPSA) is 76.0 Å². The van der Waals surface area contributed by atoms with Gasteiger partial charge in [0.2, 0.25) is 5.91 Å². The molecule has 0 aliphatic carbocycles. The third-order valence-corrected chi connectivity index (χ3v) is 5.71. The fourth-order valence-corrected chi connectivity index (χ4v) is 4.07. The van der Waals surface area contributed by atoms with E-state index in [4.69, 9.17) is 4.98 Å². The number of rotatable bonds is 6. The van der Waals surface area contributed by atoms with Crippen molar-refractivity contribution in [2.75, 3.05) is 5.32 Å². The molecular weight excluding hydrogens is 468 g/mol. The molecular formula is C25H23BrN4O2. The summed E-state index contributed by atoms with van der Waals surface area (Å²) in [5.41, 5.74) is 3.84. The second-order valence-corrected chi connectivity index (χ2v) is 8.53. The van der Waals surface area contributed by atoms with Crippen molar-refractivity contribution in [2.24, 2.45) is 0 Å². The molecule has 0 spiro atoms. The van der Waals surface area contributed by atoms with Gasteiger partial charge in [0.05, 0.1) is 17.1 Å². The van der Waals surface area contributed by atoms with Crippen LogP contribution in [0.3, 0.4) is 0 Å². The third kappa shape index (κ3) is 4.73. The summed E-state index contributed by atoms with van der Waals surface area (Å²) in [4.78, 5) is 30.4. The summed E-state index contributed by atoms with van der Waals surface area (Å²) in [6.45, 7) is 3.86. The number of hydrogen-bond acceptors (Lipinski definition) is 3. The van der Waals surface area contributed by atoms with Gasteiger partial charge >= 0.3 is 0 Å². The molecule has 1 aromatic heterocycles. The molecule has 2 amide bonds. The Balaban J connectivity index is 1.60. The SMILES string of the molecule is Cc1ccccc1C(=O)NC(C)c1nc2ccccc2n1CC(=O)Nc1cccc(Br)c1. The number of aryl methyl sites for hydroxylation is 1. The van der Waals surface area contributed by atoms with Crippen molar-refractivity contribution in [3.05, 3.63) is 94.2 Å². The molecule has 0 aliphatic rings. The van der Waals surface area contributed by atoms with Gasteiger partial charge < -0.3 is 15.2 Å². The Morgan fingerprint density at radius 2 is 1.78 bits per heavy atom. The van der Waals surface area contributed by atoms with Crippen molar-refractivity contribution >= 4 is 44.5 Å². The van der Waals surface area contributed by atoms with Gasteiger partial charge in [0.1, 0.15) is 12.4 Å². The molecule has 2 N–H and O–H groups in total. The zero-order valence-electron chi connectivity index (χ0n) is 17.8. The number of aromatic nitrogens is 2. The fourth-order valence-electron chi connectivity index (χ4n) is 3.67. The van der Waals surface area contributed by atoms with Crippen LogP contribution in [0.2, 0.25) is 0 Å².